The lowest BCUT2D eigenvalue weighted by atomic mass is 9.90. The van der Waals surface area contributed by atoms with Gasteiger partial charge in [0.15, 0.2) is 0 Å². The Labute approximate surface area is 117 Å². The van der Waals surface area contributed by atoms with E-state index < -0.39 is 0 Å². The molecule has 2 rings (SSSR count). The van der Waals surface area contributed by atoms with Gasteiger partial charge in [0.2, 0.25) is 0 Å². The van der Waals surface area contributed by atoms with E-state index >= 15 is 0 Å². The molecule has 1 aromatic carbocycles. The van der Waals surface area contributed by atoms with Crippen molar-refractivity contribution in [1.82, 2.24) is 0 Å². The fraction of sp³-hybridized carbons (Fsp3) is 0.571. The Hall–Kier alpha value is -0.210. The van der Waals surface area contributed by atoms with Crippen LogP contribution in [0.1, 0.15) is 37.1 Å². The summed E-state index contributed by atoms with van der Waals surface area (Å²) < 4.78 is 6.26. The first kappa shape index (κ1) is 13.2. The van der Waals surface area contributed by atoms with Crippen molar-refractivity contribution in [3.63, 3.8) is 0 Å². The van der Waals surface area contributed by atoms with Crippen molar-refractivity contribution in [2.75, 3.05) is 7.11 Å². The highest BCUT2D eigenvalue weighted by molar-refractivity contribution is 9.10. The summed E-state index contributed by atoms with van der Waals surface area (Å²) in [7, 11) is 1.68. The summed E-state index contributed by atoms with van der Waals surface area (Å²) in [5, 5.41) is 0.104. The van der Waals surface area contributed by atoms with Crippen LogP contribution in [0.3, 0.4) is 0 Å². The van der Waals surface area contributed by atoms with Gasteiger partial charge in [-0.15, -0.1) is 11.6 Å². The summed E-state index contributed by atoms with van der Waals surface area (Å²) in [6.07, 6.45) is 3.86. The van der Waals surface area contributed by atoms with Crippen molar-refractivity contribution in [2.45, 2.75) is 31.6 Å². The number of ether oxygens (including phenoxy) is 1. The molecule has 1 aliphatic rings. The summed E-state index contributed by atoms with van der Waals surface area (Å²) in [4.78, 5) is 0. The quantitative estimate of drug-likeness (QED) is 0.698. The standard InChI is InChI=1S/C14H18BrClO/c1-9-4-3-5-11(9)14(16)12-7-6-10(17-2)8-13(12)15/h6-9,11,14H,3-5H2,1-2H3. The van der Waals surface area contributed by atoms with Gasteiger partial charge in [0.1, 0.15) is 5.75 Å². The predicted molar refractivity (Wildman–Crippen MR) is 75.8 cm³/mol. The zero-order valence-corrected chi connectivity index (χ0v) is 12.6. The van der Waals surface area contributed by atoms with E-state index in [-0.39, 0.29) is 5.38 Å². The van der Waals surface area contributed by atoms with Crippen LogP contribution in [0, 0.1) is 11.8 Å². The van der Waals surface area contributed by atoms with Crippen molar-refractivity contribution < 1.29 is 4.74 Å². The van der Waals surface area contributed by atoms with E-state index in [0.29, 0.717) is 5.92 Å². The minimum atomic E-state index is 0.104. The zero-order valence-electron chi connectivity index (χ0n) is 10.2. The summed E-state index contributed by atoms with van der Waals surface area (Å²) >= 11 is 10.2. The number of halogens is 2. The third-order valence-corrected chi connectivity index (χ3v) is 5.05. The smallest absolute Gasteiger partial charge is 0.120 e. The lowest BCUT2D eigenvalue weighted by Gasteiger charge is -2.23. The summed E-state index contributed by atoms with van der Waals surface area (Å²) in [5.41, 5.74) is 1.19. The fourth-order valence-electron chi connectivity index (χ4n) is 2.70. The lowest BCUT2D eigenvalue weighted by Crippen LogP contribution is -2.11. The van der Waals surface area contributed by atoms with Gasteiger partial charge in [0, 0.05) is 4.47 Å². The molecule has 0 bridgehead atoms. The molecule has 3 heteroatoms. The number of benzene rings is 1. The fourth-order valence-corrected chi connectivity index (χ4v) is 4.00. The van der Waals surface area contributed by atoms with E-state index in [2.05, 4.69) is 28.9 Å². The second kappa shape index (κ2) is 5.62. The van der Waals surface area contributed by atoms with Crippen molar-refractivity contribution in [1.29, 1.82) is 0 Å². The van der Waals surface area contributed by atoms with Crippen molar-refractivity contribution >= 4 is 27.5 Å². The Morgan fingerprint density at radius 1 is 1.41 bits per heavy atom. The Morgan fingerprint density at radius 2 is 2.18 bits per heavy atom. The van der Waals surface area contributed by atoms with Crippen LogP contribution in [0.2, 0.25) is 0 Å². The van der Waals surface area contributed by atoms with Gasteiger partial charge in [-0.1, -0.05) is 41.8 Å². The molecule has 0 amide bonds. The molecule has 0 aromatic heterocycles. The zero-order chi connectivity index (χ0) is 12.4. The third-order valence-electron chi connectivity index (χ3n) is 3.81. The molecular weight excluding hydrogens is 300 g/mol. The Bertz CT molecular complexity index is 394. The lowest BCUT2D eigenvalue weighted by molar-refractivity contribution is 0.402. The molecule has 0 aliphatic heterocycles. The van der Waals surface area contributed by atoms with E-state index in [4.69, 9.17) is 16.3 Å². The summed E-state index contributed by atoms with van der Waals surface area (Å²) in [6, 6.07) is 6.05. The van der Waals surface area contributed by atoms with Gasteiger partial charge in [0.25, 0.3) is 0 Å². The number of hydrogen-bond donors (Lipinski definition) is 0. The van der Waals surface area contributed by atoms with E-state index in [1.54, 1.807) is 7.11 Å². The average Bonchev–Trinajstić information content (AvgIpc) is 2.74. The molecule has 1 saturated carbocycles. The molecule has 0 spiro atoms. The van der Waals surface area contributed by atoms with Gasteiger partial charge in [0.05, 0.1) is 12.5 Å². The van der Waals surface area contributed by atoms with Crippen LogP contribution in [-0.2, 0) is 0 Å². The minimum Gasteiger partial charge on any atom is -0.497 e. The Morgan fingerprint density at radius 3 is 2.71 bits per heavy atom. The van der Waals surface area contributed by atoms with Crippen molar-refractivity contribution in [3.05, 3.63) is 28.2 Å². The SMILES string of the molecule is COc1ccc(C(Cl)C2CCCC2C)c(Br)c1. The number of rotatable bonds is 3. The normalized spacial score (nSPS) is 25.9. The van der Waals surface area contributed by atoms with Gasteiger partial charge in [-0.05, 0) is 36.0 Å². The van der Waals surface area contributed by atoms with Crippen LogP contribution in [0.5, 0.6) is 5.75 Å². The predicted octanol–water partition coefficient (Wildman–Crippen LogP) is 5.17. The second-order valence-electron chi connectivity index (χ2n) is 4.86. The Balaban J connectivity index is 2.21. The monoisotopic (exact) mass is 316 g/mol. The molecule has 1 aliphatic carbocycles. The van der Waals surface area contributed by atoms with Crippen LogP contribution in [0.15, 0.2) is 22.7 Å². The average molecular weight is 318 g/mol. The molecular formula is C14H18BrClO. The number of alkyl halides is 1. The molecule has 1 aromatic rings. The van der Waals surface area contributed by atoms with Gasteiger partial charge >= 0.3 is 0 Å². The maximum atomic E-state index is 6.64. The largest absolute Gasteiger partial charge is 0.497 e. The minimum absolute atomic E-state index is 0.104. The first-order chi connectivity index (χ1) is 8.13. The van der Waals surface area contributed by atoms with Crippen molar-refractivity contribution in [3.8, 4) is 5.75 Å². The number of hydrogen-bond acceptors (Lipinski definition) is 1. The molecule has 3 atom stereocenters. The first-order valence-electron chi connectivity index (χ1n) is 6.11. The van der Waals surface area contributed by atoms with Crippen LogP contribution in [-0.4, -0.2) is 7.11 Å². The highest BCUT2D eigenvalue weighted by Gasteiger charge is 2.31. The van der Waals surface area contributed by atoms with Gasteiger partial charge in [-0.2, -0.15) is 0 Å². The summed E-state index contributed by atoms with van der Waals surface area (Å²) in [6.45, 7) is 2.31. The maximum Gasteiger partial charge on any atom is 0.120 e. The van der Waals surface area contributed by atoms with Crippen LogP contribution >= 0.6 is 27.5 Å². The highest BCUT2D eigenvalue weighted by Crippen LogP contribution is 2.45. The van der Waals surface area contributed by atoms with Crippen molar-refractivity contribution in [2.24, 2.45) is 11.8 Å². The van der Waals surface area contributed by atoms with E-state index in [1.165, 1.54) is 24.8 Å². The second-order valence-corrected chi connectivity index (χ2v) is 6.19. The third kappa shape index (κ3) is 2.79. The Kier molecular flexibility index (Phi) is 4.37. The van der Waals surface area contributed by atoms with Gasteiger partial charge in [-0.25, -0.2) is 0 Å². The highest BCUT2D eigenvalue weighted by atomic mass is 79.9. The van der Waals surface area contributed by atoms with Crippen LogP contribution in [0.4, 0.5) is 0 Å². The molecule has 1 nitrogen and oxygen atoms in total. The molecule has 0 radical (unpaired) electrons. The first-order valence-corrected chi connectivity index (χ1v) is 7.34. The molecule has 3 unspecified atom stereocenters. The number of methoxy groups -OCH3 is 1. The topological polar surface area (TPSA) is 9.23 Å². The van der Waals surface area contributed by atoms with E-state index in [1.807, 2.05) is 12.1 Å². The van der Waals surface area contributed by atoms with Crippen LogP contribution in [0.25, 0.3) is 0 Å². The molecule has 17 heavy (non-hydrogen) atoms. The molecule has 0 heterocycles. The van der Waals surface area contributed by atoms with Gasteiger partial charge in [-0.3, -0.25) is 0 Å². The maximum absolute atomic E-state index is 6.64. The van der Waals surface area contributed by atoms with E-state index in [0.717, 1.165) is 16.1 Å². The summed E-state index contributed by atoms with van der Waals surface area (Å²) in [5.74, 6) is 2.19. The van der Waals surface area contributed by atoms with E-state index in [9.17, 15) is 0 Å². The molecule has 94 valence electrons. The van der Waals surface area contributed by atoms with Gasteiger partial charge < -0.3 is 4.74 Å². The van der Waals surface area contributed by atoms with Crippen LogP contribution < -0.4 is 4.74 Å². The molecule has 0 saturated heterocycles. The molecule has 1 fully saturated rings. The molecule has 0 N–H and O–H groups in total.